The molecule has 2 heterocycles. The van der Waals surface area contributed by atoms with Crippen LogP contribution >= 0.6 is 11.6 Å². The molecular formula is C22H21ClFN5O4. The van der Waals surface area contributed by atoms with E-state index in [1.807, 2.05) is 0 Å². The second kappa shape index (κ2) is 9.08. The number of carbonyl (C=O) groups is 3. The number of carbonyl (C=O) groups excluding carboxylic acids is 3. The van der Waals surface area contributed by atoms with E-state index in [1.54, 1.807) is 30.4 Å². The van der Waals surface area contributed by atoms with Gasteiger partial charge in [-0.25, -0.2) is 14.6 Å². The molecular weight excluding hydrogens is 453 g/mol. The molecule has 1 atom stereocenters. The van der Waals surface area contributed by atoms with Crippen molar-refractivity contribution in [2.75, 3.05) is 26.0 Å². The zero-order valence-electron chi connectivity index (χ0n) is 17.8. The summed E-state index contributed by atoms with van der Waals surface area (Å²) in [5, 5.41) is 4.58. The Morgan fingerprint density at radius 2 is 1.91 bits per heavy atom. The van der Waals surface area contributed by atoms with Crippen molar-refractivity contribution in [2.24, 2.45) is 0 Å². The standard InChI is InChI=1S/C22H21ClFN5O4/c1-27-11-17-20(26-27)21(31)29(10-13-3-5-14(24)6-4-13)22(32)28(17)12-19(30)25-15-7-8-18(33-2)16(23)9-15/h3-9,11,20,26H,10,12H2,1-2H3,(H,25,30). The van der Waals surface area contributed by atoms with Crippen molar-refractivity contribution in [1.82, 2.24) is 20.2 Å². The number of hydrogen-bond acceptors (Lipinski definition) is 6. The second-order valence-electron chi connectivity index (χ2n) is 7.54. The molecule has 2 aliphatic heterocycles. The summed E-state index contributed by atoms with van der Waals surface area (Å²) in [5.74, 6) is -0.895. The van der Waals surface area contributed by atoms with E-state index in [0.29, 0.717) is 27.7 Å². The van der Waals surface area contributed by atoms with E-state index < -0.39 is 29.7 Å². The SMILES string of the molecule is COc1ccc(NC(=O)CN2C(=O)N(Cc3ccc(F)cc3)C(=O)C3NN(C)C=C32)cc1Cl. The number of methoxy groups -OCH3 is 1. The molecule has 33 heavy (non-hydrogen) atoms. The predicted octanol–water partition coefficient (Wildman–Crippen LogP) is 2.55. The molecule has 1 saturated heterocycles. The predicted molar refractivity (Wildman–Crippen MR) is 118 cm³/mol. The van der Waals surface area contributed by atoms with Gasteiger partial charge in [0.15, 0.2) is 0 Å². The van der Waals surface area contributed by atoms with Crippen LogP contribution in [0.1, 0.15) is 5.56 Å². The fraction of sp³-hybridized carbons (Fsp3) is 0.227. The van der Waals surface area contributed by atoms with Gasteiger partial charge < -0.3 is 15.1 Å². The number of nitrogens with one attached hydrogen (secondary N) is 2. The number of imide groups is 1. The molecule has 0 aliphatic carbocycles. The molecule has 1 unspecified atom stereocenters. The number of nitrogens with zero attached hydrogens (tertiary/aromatic N) is 3. The van der Waals surface area contributed by atoms with E-state index in [0.717, 1.165) is 4.90 Å². The maximum absolute atomic E-state index is 13.3. The number of fused-ring (bicyclic) bond motifs is 1. The largest absolute Gasteiger partial charge is 0.495 e. The van der Waals surface area contributed by atoms with Gasteiger partial charge in [0.05, 0.1) is 24.4 Å². The summed E-state index contributed by atoms with van der Waals surface area (Å²) in [6.07, 6.45) is 1.59. The highest BCUT2D eigenvalue weighted by molar-refractivity contribution is 6.32. The number of amides is 4. The minimum atomic E-state index is -0.823. The Kier molecular flexibility index (Phi) is 6.21. The van der Waals surface area contributed by atoms with Gasteiger partial charge in [0.1, 0.15) is 24.2 Å². The Hall–Kier alpha value is -3.63. The number of hydrazine groups is 1. The first-order chi connectivity index (χ1) is 15.8. The molecule has 2 N–H and O–H groups in total. The first-order valence-electron chi connectivity index (χ1n) is 9.98. The van der Waals surface area contributed by atoms with Crippen LogP contribution in [0.25, 0.3) is 0 Å². The molecule has 9 nitrogen and oxygen atoms in total. The molecule has 172 valence electrons. The quantitative estimate of drug-likeness (QED) is 0.669. The third-order valence-corrected chi connectivity index (χ3v) is 5.53. The molecule has 4 rings (SSSR count). The lowest BCUT2D eigenvalue weighted by molar-refractivity contribution is -0.133. The summed E-state index contributed by atoms with van der Waals surface area (Å²) in [4.78, 5) is 41.3. The van der Waals surface area contributed by atoms with Crippen molar-refractivity contribution in [3.05, 3.63) is 70.8 Å². The zero-order chi connectivity index (χ0) is 23.7. The average Bonchev–Trinajstić information content (AvgIpc) is 3.17. The molecule has 0 spiro atoms. The van der Waals surface area contributed by atoms with E-state index in [9.17, 15) is 18.8 Å². The van der Waals surface area contributed by atoms with Crippen LogP contribution in [0.2, 0.25) is 5.02 Å². The Morgan fingerprint density at radius 1 is 1.18 bits per heavy atom. The highest BCUT2D eigenvalue weighted by atomic mass is 35.5. The topological polar surface area (TPSA) is 94.2 Å². The molecule has 0 bridgehead atoms. The molecule has 0 aromatic heterocycles. The van der Waals surface area contributed by atoms with Gasteiger partial charge >= 0.3 is 6.03 Å². The van der Waals surface area contributed by atoms with Gasteiger partial charge in [0.2, 0.25) is 5.91 Å². The maximum Gasteiger partial charge on any atom is 0.331 e. The number of ether oxygens (including phenoxy) is 1. The normalized spacial score (nSPS) is 17.8. The first kappa shape index (κ1) is 22.6. The molecule has 11 heteroatoms. The van der Waals surface area contributed by atoms with Crippen LogP contribution in [-0.2, 0) is 16.1 Å². The molecule has 2 aromatic carbocycles. The molecule has 0 saturated carbocycles. The van der Waals surface area contributed by atoms with Crippen LogP contribution in [0, 0.1) is 5.82 Å². The van der Waals surface area contributed by atoms with E-state index in [1.165, 1.54) is 42.3 Å². The molecule has 4 amide bonds. The number of anilines is 1. The third kappa shape index (κ3) is 4.62. The van der Waals surface area contributed by atoms with Crippen molar-refractivity contribution < 1.29 is 23.5 Å². The van der Waals surface area contributed by atoms with E-state index in [4.69, 9.17) is 16.3 Å². The lowest BCUT2D eigenvalue weighted by Crippen LogP contribution is -2.60. The Morgan fingerprint density at radius 3 is 2.58 bits per heavy atom. The molecule has 2 aliphatic rings. The average molecular weight is 474 g/mol. The zero-order valence-corrected chi connectivity index (χ0v) is 18.6. The molecule has 2 aromatic rings. The van der Waals surface area contributed by atoms with Crippen LogP contribution in [0.3, 0.4) is 0 Å². The number of benzene rings is 2. The van der Waals surface area contributed by atoms with Crippen molar-refractivity contribution >= 4 is 35.1 Å². The van der Waals surface area contributed by atoms with Crippen LogP contribution < -0.4 is 15.5 Å². The lowest BCUT2D eigenvalue weighted by atomic mass is 10.1. The number of urea groups is 1. The summed E-state index contributed by atoms with van der Waals surface area (Å²) in [6.45, 7) is -0.382. The number of halogens is 2. The number of hydrogen-bond donors (Lipinski definition) is 2. The van der Waals surface area contributed by atoms with Crippen molar-refractivity contribution in [3.63, 3.8) is 0 Å². The summed E-state index contributed by atoms with van der Waals surface area (Å²) in [6, 6.07) is 8.81. The monoisotopic (exact) mass is 473 g/mol. The van der Waals surface area contributed by atoms with E-state index in [2.05, 4.69) is 10.7 Å². The van der Waals surface area contributed by atoms with Crippen LogP contribution in [-0.4, -0.2) is 59.4 Å². The number of rotatable bonds is 6. The second-order valence-corrected chi connectivity index (χ2v) is 7.95. The van der Waals surface area contributed by atoms with Crippen molar-refractivity contribution in [3.8, 4) is 5.75 Å². The summed E-state index contributed by atoms with van der Waals surface area (Å²) >= 11 is 6.11. The van der Waals surface area contributed by atoms with Gasteiger partial charge in [-0.05, 0) is 35.9 Å². The van der Waals surface area contributed by atoms with Gasteiger partial charge in [0, 0.05) is 18.9 Å². The Bertz CT molecular complexity index is 1140. The fourth-order valence-electron chi connectivity index (χ4n) is 3.66. The van der Waals surface area contributed by atoms with Crippen LogP contribution in [0.5, 0.6) is 5.75 Å². The summed E-state index contributed by atoms with van der Waals surface area (Å²) in [7, 11) is 3.17. The lowest BCUT2D eigenvalue weighted by Gasteiger charge is -2.37. The Balaban J connectivity index is 1.54. The van der Waals surface area contributed by atoms with Gasteiger partial charge in [0.25, 0.3) is 5.91 Å². The smallest absolute Gasteiger partial charge is 0.331 e. The first-order valence-corrected chi connectivity index (χ1v) is 10.4. The highest BCUT2D eigenvalue weighted by Crippen LogP contribution is 2.29. The maximum atomic E-state index is 13.3. The molecule has 0 radical (unpaired) electrons. The van der Waals surface area contributed by atoms with E-state index >= 15 is 0 Å². The van der Waals surface area contributed by atoms with Gasteiger partial charge in [-0.3, -0.25) is 19.4 Å². The fourth-order valence-corrected chi connectivity index (χ4v) is 3.92. The Labute approximate surface area is 194 Å². The molecule has 1 fully saturated rings. The summed E-state index contributed by atoms with van der Waals surface area (Å²) in [5.41, 5.74) is 4.33. The van der Waals surface area contributed by atoms with Gasteiger partial charge in [-0.15, -0.1) is 0 Å². The van der Waals surface area contributed by atoms with Gasteiger partial charge in [-0.2, -0.15) is 0 Å². The van der Waals surface area contributed by atoms with E-state index in [-0.39, 0.29) is 13.1 Å². The highest BCUT2D eigenvalue weighted by Gasteiger charge is 2.46. The minimum Gasteiger partial charge on any atom is -0.495 e. The van der Waals surface area contributed by atoms with Crippen molar-refractivity contribution in [1.29, 1.82) is 0 Å². The van der Waals surface area contributed by atoms with Crippen molar-refractivity contribution in [2.45, 2.75) is 12.6 Å². The van der Waals surface area contributed by atoms with Gasteiger partial charge in [-0.1, -0.05) is 23.7 Å². The van der Waals surface area contributed by atoms with Crippen LogP contribution in [0.15, 0.2) is 54.4 Å². The van der Waals surface area contributed by atoms with Crippen LogP contribution in [0.4, 0.5) is 14.9 Å². The third-order valence-electron chi connectivity index (χ3n) is 5.23. The summed E-state index contributed by atoms with van der Waals surface area (Å²) < 4.78 is 18.4. The minimum absolute atomic E-state index is 0.0562.